The number of esters is 1. The summed E-state index contributed by atoms with van der Waals surface area (Å²) in [4.78, 5) is 89.3. The van der Waals surface area contributed by atoms with Gasteiger partial charge in [0.05, 0.1) is 18.7 Å². The number of aromatic nitrogens is 1. The number of piperazine rings is 1. The average Bonchev–Trinajstić information content (AvgIpc) is 3.89. The van der Waals surface area contributed by atoms with Gasteiger partial charge >= 0.3 is 12.1 Å². The highest BCUT2D eigenvalue weighted by molar-refractivity contribution is 6.00. The number of amides is 5. The number of nitrogens with one attached hydrogen (secondary N) is 2. The number of rotatable bonds is 14. The van der Waals surface area contributed by atoms with Crippen LogP contribution in [0.2, 0.25) is 0 Å². The summed E-state index contributed by atoms with van der Waals surface area (Å²) in [5.74, 6) is -1.35. The quantitative estimate of drug-likeness (QED) is 0.268. The van der Waals surface area contributed by atoms with Crippen molar-refractivity contribution < 1.29 is 43.0 Å². The van der Waals surface area contributed by atoms with Crippen LogP contribution in [-0.4, -0.2) is 126 Å². The minimum absolute atomic E-state index is 0.000921. The highest BCUT2D eigenvalue weighted by Crippen LogP contribution is 2.30. The number of aryl methyl sites for hydroxylation is 1. The minimum Gasteiger partial charge on any atom is -0.480 e. The van der Waals surface area contributed by atoms with Gasteiger partial charge in [-0.3, -0.25) is 24.0 Å². The number of hydrogen-bond acceptors (Lipinski definition) is 10. The Morgan fingerprint density at radius 2 is 1.59 bits per heavy atom. The molecule has 2 aliphatic heterocycles. The fourth-order valence-corrected chi connectivity index (χ4v) is 7.90. The van der Waals surface area contributed by atoms with Gasteiger partial charge in [-0.2, -0.15) is 0 Å². The molecular formula is C41H56N6O9. The van der Waals surface area contributed by atoms with Gasteiger partial charge < -0.3 is 39.5 Å². The molecule has 0 radical (unpaired) electrons. The van der Waals surface area contributed by atoms with Crippen LogP contribution >= 0.6 is 0 Å². The van der Waals surface area contributed by atoms with Gasteiger partial charge in [0.25, 0.3) is 11.8 Å². The lowest BCUT2D eigenvalue weighted by molar-refractivity contribution is -0.145. The van der Waals surface area contributed by atoms with Gasteiger partial charge in [0, 0.05) is 56.6 Å². The summed E-state index contributed by atoms with van der Waals surface area (Å²) in [7, 11) is 0. The number of carbonyl (C=O) groups excluding carboxylic acids is 6. The molecule has 56 heavy (non-hydrogen) atoms. The fourth-order valence-electron chi connectivity index (χ4n) is 7.90. The standard InChI is InChI=1S/C41H56N6O9/c1-4-54-41(53)46-21-19-45(20-22-46)40(52)31(16-17-36(48)55-25-28-9-5-6-10-28)44-37(49)33-24-35(30-15-14-26(2)23-32(30)43-33)56-27(3)39(51)47-18-8-13-34(47)38(50)42-29-11-7-12-29/h14-15,23-24,27-29,31,34H,4-13,16-22,25H2,1-3H3,(H,42,50)(H,44,49)/t27-,31?,34?/m1/s1. The summed E-state index contributed by atoms with van der Waals surface area (Å²) in [5, 5.41) is 6.48. The topological polar surface area (TPSA) is 177 Å². The van der Waals surface area contributed by atoms with Crippen molar-refractivity contribution in [1.29, 1.82) is 0 Å². The third kappa shape index (κ3) is 10.1. The highest BCUT2D eigenvalue weighted by Gasteiger charge is 2.38. The van der Waals surface area contributed by atoms with E-state index in [2.05, 4.69) is 15.6 Å². The molecule has 15 nitrogen and oxygen atoms in total. The summed E-state index contributed by atoms with van der Waals surface area (Å²) in [6.07, 6.45) is 7.06. The second kappa shape index (κ2) is 18.8. The average molecular weight is 777 g/mol. The zero-order chi connectivity index (χ0) is 39.8. The van der Waals surface area contributed by atoms with Crippen LogP contribution in [0.3, 0.4) is 0 Å². The number of carbonyl (C=O) groups is 6. The number of likely N-dealkylation sites (tertiary alicyclic amines) is 1. The van der Waals surface area contributed by atoms with E-state index in [1.54, 1.807) is 29.7 Å². The van der Waals surface area contributed by atoms with E-state index in [0.29, 0.717) is 42.8 Å². The molecule has 4 fully saturated rings. The molecule has 15 heteroatoms. The van der Waals surface area contributed by atoms with Crippen molar-refractivity contribution in [2.24, 2.45) is 5.92 Å². The van der Waals surface area contributed by atoms with E-state index in [1.807, 2.05) is 19.1 Å². The molecular weight excluding hydrogens is 720 g/mol. The fraction of sp³-hybridized carbons (Fsp3) is 0.634. The zero-order valence-corrected chi connectivity index (χ0v) is 32.9. The van der Waals surface area contributed by atoms with Crippen molar-refractivity contribution in [3.05, 3.63) is 35.5 Å². The SMILES string of the molecule is CCOC(=O)N1CCN(C(=O)C(CCC(=O)OCC2CCCC2)NC(=O)c2cc(O[C@H](C)C(=O)N3CCCC3C(=O)NC3CCC3)c3ccc(C)cc3n2)CC1. The summed E-state index contributed by atoms with van der Waals surface area (Å²) < 4.78 is 17.0. The molecule has 3 atom stereocenters. The lowest BCUT2D eigenvalue weighted by Gasteiger charge is -2.36. The Hall–Kier alpha value is -4.95. The molecule has 2 saturated heterocycles. The summed E-state index contributed by atoms with van der Waals surface area (Å²) in [6, 6.07) is 5.47. The Morgan fingerprint density at radius 1 is 0.857 bits per heavy atom. The van der Waals surface area contributed by atoms with E-state index in [0.717, 1.165) is 50.5 Å². The predicted molar refractivity (Wildman–Crippen MR) is 206 cm³/mol. The maximum atomic E-state index is 14.0. The maximum Gasteiger partial charge on any atom is 0.409 e. The van der Waals surface area contributed by atoms with Gasteiger partial charge in [0.15, 0.2) is 6.10 Å². The molecule has 2 aliphatic carbocycles. The first-order valence-corrected chi connectivity index (χ1v) is 20.4. The molecule has 2 N–H and O–H groups in total. The molecule has 0 spiro atoms. The number of ether oxygens (including phenoxy) is 3. The maximum absolute atomic E-state index is 14.0. The molecule has 2 unspecified atom stereocenters. The second-order valence-corrected chi connectivity index (χ2v) is 15.5. The number of benzene rings is 1. The van der Waals surface area contributed by atoms with Crippen molar-refractivity contribution >= 4 is 46.6 Å². The Morgan fingerprint density at radius 3 is 2.29 bits per heavy atom. The van der Waals surface area contributed by atoms with Crippen LogP contribution in [0.4, 0.5) is 4.79 Å². The minimum atomic E-state index is -1.09. The van der Waals surface area contributed by atoms with Gasteiger partial charge in [-0.25, -0.2) is 9.78 Å². The van der Waals surface area contributed by atoms with Crippen molar-refractivity contribution in [3.8, 4) is 5.75 Å². The van der Waals surface area contributed by atoms with Crippen LogP contribution < -0.4 is 15.4 Å². The molecule has 1 aromatic carbocycles. The third-order valence-electron chi connectivity index (χ3n) is 11.4. The first-order valence-electron chi connectivity index (χ1n) is 20.4. The first kappa shape index (κ1) is 40.7. The molecule has 2 saturated carbocycles. The van der Waals surface area contributed by atoms with Crippen LogP contribution in [0.5, 0.6) is 5.75 Å². The van der Waals surface area contributed by atoms with Gasteiger partial charge in [0.2, 0.25) is 11.8 Å². The molecule has 6 rings (SSSR count). The lowest BCUT2D eigenvalue weighted by Crippen LogP contribution is -2.56. The van der Waals surface area contributed by atoms with Crippen molar-refractivity contribution in [3.63, 3.8) is 0 Å². The van der Waals surface area contributed by atoms with E-state index in [9.17, 15) is 28.8 Å². The Kier molecular flexibility index (Phi) is 13.7. The zero-order valence-electron chi connectivity index (χ0n) is 32.9. The van der Waals surface area contributed by atoms with E-state index in [1.165, 1.54) is 11.0 Å². The molecule has 1 aromatic heterocycles. The van der Waals surface area contributed by atoms with Crippen LogP contribution in [0.1, 0.15) is 101 Å². The summed E-state index contributed by atoms with van der Waals surface area (Å²) in [5.41, 5.74) is 1.31. The number of nitrogens with zero attached hydrogens (tertiary/aromatic N) is 4. The van der Waals surface area contributed by atoms with Crippen LogP contribution in [0, 0.1) is 12.8 Å². The Balaban J connectivity index is 1.17. The van der Waals surface area contributed by atoms with E-state index in [-0.39, 0.29) is 80.8 Å². The number of hydrogen-bond donors (Lipinski definition) is 2. The van der Waals surface area contributed by atoms with Gasteiger partial charge in [-0.15, -0.1) is 0 Å². The smallest absolute Gasteiger partial charge is 0.409 e. The van der Waals surface area contributed by atoms with Crippen LogP contribution in [0.15, 0.2) is 24.3 Å². The summed E-state index contributed by atoms with van der Waals surface area (Å²) >= 11 is 0. The van der Waals surface area contributed by atoms with Crippen molar-refractivity contribution in [2.45, 2.75) is 116 Å². The Bertz CT molecular complexity index is 1770. The second-order valence-electron chi connectivity index (χ2n) is 15.5. The van der Waals surface area contributed by atoms with Crippen LogP contribution in [0.25, 0.3) is 10.9 Å². The van der Waals surface area contributed by atoms with E-state index in [4.69, 9.17) is 14.2 Å². The van der Waals surface area contributed by atoms with Gasteiger partial charge in [-0.1, -0.05) is 18.9 Å². The van der Waals surface area contributed by atoms with Gasteiger partial charge in [0.1, 0.15) is 23.5 Å². The number of fused-ring (bicyclic) bond motifs is 1. The monoisotopic (exact) mass is 776 g/mol. The molecule has 4 aliphatic rings. The van der Waals surface area contributed by atoms with E-state index >= 15 is 0 Å². The molecule has 304 valence electrons. The third-order valence-corrected chi connectivity index (χ3v) is 11.4. The predicted octanol–water partition coefficient (Wildman–Crippen LogP) is 3.88. The highest BCUT2D eigenvalue weighted by atomic mass is 16.6. The molecule has 5 amide bonds. The van der Waals surface area contributed by atoms with Gasteiger partial charge in [-0.05, 0) is 95.8 Å². The molecule has 3 heterocycles. The van der Waals surface area contributed by atoms with E-state index < -0.39 is 36.2 Å². The van der Waals surface area contributed by atoms with Crippen molar-refractivity contribution in [2.75, 3.05) is 45.9 Å². The largest absolute Gasteiger partial charge is 0.480 e. The summed E-state index contributed by atoms with van der Waals surface area (Å²) in [6.45, 7) is 7.27. The normalized spacial score (nSPS) is 19.9. The Labute approximate surface area is 328 Å². The number of pyridine rings is 1. The van der Waals surface area contributed by atoms with Crippen LogP contribution in [-0.2, 0) is 28.7 Å². The first-order chi connectivity index (χ1) is 27.0. The van der Waals surface area contributed by atoms with Crippen molar-refractivity contribution in [1.82, 2.24) is 30.3 Å². The molecule has 2 aromatic rings. The lowest BCUT2D eigenvalue weighted by atomic mass is 9.93. The molecule has 0 bridgehead atoms.